The molecule has 4 rings (SSSR count). The van der Waals surface area contributed by atoms with E-state index in [1.165, 1.54) is 0 Å². The summed E-state index contributed by atoms with van der Waals surface area (Å²) in [4.78, 5) is 13.4. The first-order valence-corrected chi connectivity index (χ1v) is 11.3. The van der Waals surface area contributed by atoms with Crippen LogP contribution in [0.5, 0.6) is 0 Å². The van der Waals surface area contributed by atoms with Crippen LogP contribution in [0.2, 0.25) is 0 Å². The minimum absolute atomic E-state index is 0.110. The van der Waals surface area contributed by atoms with Crippen molar-refractivity contribution in [3.8, 4) is 17.3 Å². The summed E-state index contributed by atoms with van der Waals surface area (Å²) in [5, 5.41) is 23.7. The fraction of sp³-hybridized carbons (Fsp3) is 0.560. The lowest BCUT2D eigenvalue weighted by atomic mass is 9.95. The van der Waals surface area contributed by atoms with Crippen molar-refractivity contribution in [1.29, 1.82) is 5.26 Å². The zero-order valence-electron chi connectivity index (χ0n) is 18.0. The Kier molecular flexibility index (Phi) is 6.06. The zero-order chi connectivity index (χ0) is 21.3. The van der Waals surface area contributed by atoms with E-state index in [1.807, 2.05) is 28.9 Å². The normalized spacial score (nSPS) is 21.2. The molecule has 1 heterocycles. The lowest BCUT2D eigenvalue weighted by Gasteiger charge is -2.13. The predicted octanol–water partition coefficient (Wildman–Crippen LogP) is 5.39. The van der Waals surface area contributed by atoms with Crippen molar-refractivity contribution in [2.75, 3.05) is 0 Å². The maximum atomic E-state index is 13.4. The van der Waals surface area contributed by atoms with Gasteiger partial charge in [-0.1, -0.05) is 12.1 Å². The van der Waals surface area contributed by atoms with E-state index >= 15 is 0 Å². The molecule has 158 valence electrons. The number of Topliss-reactive ketones (excluding diaryl/α,β-unsaturated/α-hetero) is 1. The van der Waals surface area contributed by atoms with Crippen LogP contribution in [0.25, 0.3) is 11.3 Å². The molecular weight excluding hydrogens is 374 g/mol. The third-order valence-electron chi connectivity index (χ3n) is 6.50. The zero-order valence-corrected chi connectivity index (χ0v) is 18.0. The molecular formula is C25H31N3O2. The van der Waals surface area contributed by atoms with Gasteiger partial charge in [-0.2, -0.15) is 10.4 Å². The number of aliphatic hydroxyl groups is 1. The minimum atomic E-state index is -0.149. The quantitative estimate of drug-likeness (QED) is 0.597. The Morgan fingerprint density at radius 2 is 1.97 bits per heavy atom. The average Bonchev–Trinajstić information content (AvgIpc) is 3.37. The van der Waals surface area contributed by atoms with Gasteiger partial charge in [0.2, 0.25) is 0 Å². The summed E-state index contributed by atoms with van der Waals surface area (Å²) in [7, 11) is 0. The lowest BCUT2D eigenvalue weighted by Crippen LogP contribution is -2.14. The maximum Gasteiger partial charge on any atom is 0.181 e. The molecule has 5 heteroatoms. The van der Waals surface area contributed by atoms with Crippen molar-refractivity contribution in [3.05, 3.63) is 41.1 Å². The number of rotatable bonds is 8. The van der Waals surface area contributed by atoms with Crippen LogP contribution in [0.15, 0.2) is 24.3 Å². The Labute approximate surface area is 178 Å². The van der Waals surface area contributed by atoms with Crippen molar-refractivity contribution in [2.24, 2.45) is 5.92 Å². The molecule has 0 saturated heterocycles. The number of nitriles is 1. The Morgan fingerprint density at radius 1 is 1.23 bits per heavy atom. The number of nitrogens with zero attached hydrogens (tertiary/aromatic N) is 3. The van der Waals surface area contributed by atoms with E-state index in [2.05, 4.69) is 19.9 Å². The van der Waals surface area contributed by atoms with Gasteiger partial charge in [-0.3, -0.25) is 9.48 Å². The molecule has 2 aliphatic rings. The van der Waals surface area contributed by atoms with Crippen molar-refractivity contribution in [1.82, 2.24) is 9.78 Å². The molecule has 1 aromatic heterocycles. The predicted molar refractivity (Wildman–Crippen MR) is 116 cm³/mol. The van der Waals surface area contributed by atoms with E-state index in [9.17, 15) is 9.90 Å². The summed E-state index contributed by atoms with van der Waals surface area (Å²) in [6.45, 7) is 4.14. The molecule has 1 unspecified atom stereocenters. The summed E-state index contributed by atoms with van der Waals surface area (Å²) in [5.74, 6) is 1.16. The topological polar surface area (TPSA) is 78.9 Å². The molecule has 2 saturated carbocycles. The van der Waals surface area contributed by atoms with Crippen LogP contribution in [-0.4, -0.2) is 26.8 Å². The molecule has 0 amide bonds. The summed E-state index contributed by atoms with van der Waals surface area (Å²) >= 11 is 0. The molecule has 2 atom stereocenters. The molecule has 2 aliphatic carbocycles. The second-order valence-electron chi connectivity index (χ2n) is 9.26. The van der Waals surface area contributed by atoms with E-state index in [1.54, 1.807) is 0 Å². The second kappa shape index (κ2) is 8.73. The molecule has 1 N–H and O–H groups in total. The first-order chi connectivity index (χ1) is 14.5. The highest BCUT2D eigenvalue weighted by atomic mass is 16.3. The van der Waals surface area contributed by atoms with E-state index in [0.29, 0.717) is 23.8 Å². The standard InChI is InChI=1S/C25H31N3O2/c1-16(2)28-25(22(30)5-3-4-17-8-13-21(29)14-17)23(19-11-12-19)24(27-28)20-9-6-18(15-26)7-10-20/h6-7,9-10,16-17,19,21,29H,3-5,8,11-14H2,1-2H3/t17?,21-/m0/s1. The first kappa shape index (κ1) is 20.8. The summed E-state index contributed by atoms with van der Waals surface area (Å²) < 4.78 is 1.92. The third-order valence-corrected chi connectivity index (χ3v) is 6.50. The first-order valence-electron chi connectivity index (χ1n) is 11.3. The van der Waals surface area contributed by atoms with E-state index in [-0.39, 0.29) is 17.9 Å². The summed E-state index contributed by atoms with van der Waals surface area (Å²) in [5.41, 5.74) is 4.40. The highest BCUT2D eigenvalue weighted by Crippen LogP contribution is 2.47. The molecule has 5 nitrogen and oxygen atoms in total. The van der Waals surface area contributed by atoms with Crippen LogP contribution in [0, 0.1) is 17.2 Å². The van der Waals surface area contributed by atoms with Crippen LogP contribution in [0.4, 0.5) is 0 Å². The SMILES string of the molecule is CC(C)n1nc(-c2ccc(C#N)cc2)c(C2CC2)c1C(=O)CCCC1CC[C@H](O)C1. The van der Waals surface area contributed by atoms with Crippen molar-refractivity contribution in [2.45, 2.75) is 83.3 Å². The van der Waals surface area contributed by atoms with Gasteiger partial charge in [-0.05, 0) is 82.8 Å². The monoisotopic (exact) mass is 405 g/mol. The van der Waals surface area contributed by atoms with Crippen molar-refractivity contribution < 1.29 is 9.90 Å². The molecule has 0 radical (unpaired) electrons. The Hall–Kier alpha value is -2.45. The van der Waals surface area contributed by atoms with Gasteiger partial charge in [0, 0.05) is 23.6 Å². The largest absolute Gasteiger partial charge is 0.393 e. The molecule has 2 aromatic rings. The number of benzene rings is 1. The molecule has 0 bridgehead atoms. The fourth-order valence-electron chi connectivity index (χ4n) is 4.75. The van der Waals surface area contributed by atoms with Crippen molar-refractivity contribution >= 4 is 5.78 Å². The molecule has 0 spiro atoms. The van der Waals surface area contributed by atoms with Gasteiger partial charge in [0.15, 0.2) is 5.78 Å². The Morgan fingerprint density at radius 3 is 2.53 bits per heavy atom. The smallest absolute Gasteiger partial charge is 0.181 e. The van der Waals surface area contributed by atoms with Gasteiger partial charge >= 0.3 is 0 Å². The Balaban J connectivity index is 1.60. The van der Waals surface area contributed by atoms with E-state index < -0.39 is 0 Å². The lowest BCUT2D eigenvalue weighted by molar-refractivity contribution is 0.0964. The number of hydrogen-bond donors (Lipinski definition) is 1. The van der Waals surface area contributed by atoms with Crippen molar-refractivity contribution in [3.63, 3.8) is 0 Å². The minimum Gasteiger partial charge on any atom is -0.393 e. The number of aliphatic hydroxyl groups excluding tert-OH is 1. The number of hydrogen-bond acceptors (Lipinski definition) is 4. The average molecular weight is 406 g/mol. The van der Waals surface area contributed by atoms with E-state index in [0.717, 1.165) is 67.5 Å². The third kappa shape index (κ3) is 4.34. The maximum absolute atomic E-state index is 13.4. The van der Waals surface area contributed by atoms with E-state index in [4.69, 9.17) is 10.4 Å². The van der Waals surface area contributed by atoms with Gasteiger partial charge in [0.25, 0.3) is 0 Å². The second-order valence-corrected chi connectivity index (χ2v) is 9.26. The number of aromatic nitrogens is 2. The van der Waals surface area contributed by atoms with Crippen LogP contribution >= 0.6 is 0 Å². The summed E-state index contributed by atoms with van der Waals surface area (Å²) in [6.07, 6.45) is 7.35. The number of carbonyl (C=O) groups excluding carboxylic acids is 1. The van der Waals surface area contributed by atoms with Gasteiger partial charge < -0.3 is 5.11 Å². The fourth-order valence-corrected chi connectivity index (χ4v) is 4.75. The molecule has 1 aromatic carbocycles. The van der Waals surface area contributed by atoms with Gasteiger partial charge in [-0.25, -0.2) is 0 Å². The van der Waals surface area contributed by atoms with Gasteiger partial charge in [0.05, 0.1) is 23.4 Å². The van der Waals surface area contributed by atoms with Crippen LogP contribution in [0.1, 0.15) is 98.8 Å². The molecule has 30 heavy (non-hydrogen) atoms. The molecule has 2 fully saturated rings. The van der Waals surface area contributed by atoms with Crippen LogP contribution in [0.3, 0.4) is 0 Å². The highest BCUT2D eigenvalue weighted by Gasteiger charge is 2.35. The molecule has 0 aliphatic heterocycles. The van der Waals surface area contributed by atoms with Gasteiger partial charge in [0.1, 0.15) is 5.69 Å². The van der Waals surface area contributed by atoms with Crippen LogP contribution < -0.4 is 0 Å². The van der Waals surface area contributed by atoms with Gasteiger partial charge in [-0.15, -0.1) is 0 Å². The van der Waals surface area contributed by atoms with Crippen LogP contribution in [-0.2, 0) is 0 Å². The summed E-state index contributed by atoms with van der Waals surface area (Å²) in [6, 6.07) is 9.79. The number of carbonyl (C=O) groups is 1. The number of ketones is 1. The Bertz CT molecular complexity index is 948. The highest BCUT2D eigenvalue weighted by molar-refractivity contribution is 5.98.